The van der Waals surface area contributed by atoms with Crippen LogP contribution in [0.25, 0.3) is 10.2 Å². The fourth-order valence-corrected chi connectivity index (χ4v) is 5.40. The van der Waals surface area contributed by atoms with Crippen LogP contribution in [-0.2, 0) is 0 Å². The van der Waals surface area contributed by atoms with Crippen LogP contribution in [0.4, 0.5) is 5.13 Å². The highest BCUT2D eigenvalue weighted by Gasteiger charge is 2.26. The van der Waals surface area contributed by atoms with E-state index in [2.05, 4.69) is 4.90 Å². The predicted octanol–water partition coefficient (Wildman–Crippen LogP) is 5.70. The van der Waals surface area contributed by atoms with Crippen molar-refractivity contribution >= 4 is 79.5 Å². The second kappa shape index (κ2) is 10.8. The predicted molar refractivity (Wildman–Crippen MR) is 129 cm³/mol. The first kappa shape index (κ1) is 25.0. The highest BCUT2D eigenvalue weighted by atomic mass is 35.5. The highest BCUT2D eigenvalue weighted by Crippen LogP contribution is 2.41. The Hall–Kier alpha value is -1.29. The molecule has 164 valence electrons. The molecule has 3 rings (SSSR count). The van der Waals surface area contributed by atoms with Crippen molar-refractivity contribution in [1.29, 1.82) is 0 Å². The summed E-state index contributed by atoms with van der Waals surface area (Å²) in [6, 6.07) is 5.24. The second-order valence-corrected chi connectivity index (χ2v) is 9.76. The molecule has 0 N–H and O–H groups in total. The van der Waals surface area contributed by atoms with Gasteiger partial charge in [-0.15, -0.1) is 23.7 Å². The first-order chi connectivity index (χ1) is 13.8. The van der Waals surface area contributed by atoms with Crippen LogP contribution in [0, 0.1) is 0 Å². The molecule has 1 amide bonds. The summed E-state index contributed by atoms with van der Waals surface area (Å²) in [6.07, 6.45) is 0.776. The summed E-state index contributed by atoms with van der Waals surface area (Å²) < 4.78 is 12.6. The van der Waals surface area contributed by atoms with Crippen LogP contribution < -0.4 is 14.4 Å². The molecule has 0 spiro atoms. The van der Waals surface area contributed by atoms with Gasteiger partial charge in [-0.2, -0.15) is 0 Å². The molecule has 0 saturated carbocycles. The number of methoxy groups -OCH3 is 2. The zero-order chi connectivity index (χ0) is 21.1. The van der Waals surface area contributed by atoms with Crippen molar-refractivity contribution < 1.29 is 14.3 Å². The molecule has 0 atom stereocenters. The van der Waals surface area contributed by atoms with Gasteiger partial charge in [-0.25, -0.2) is 4.98 Å². The number of fused-ring (bicyclic) bond motifs is 1. The Balaban J connectivity index is 0.00000320. The number of thiazole rings is 1. The Bertz CT molecular complexity index is 982. The van der Waals surface area contributed by atoms with Crippen LogP contribution in [-0.4, -0.2) is 57.2 Å². The zero-order valence-electron chi connectivity index (χ0n) is 16.9. The molecule has 1 aromatic carbocycles. The minimum absolute atomic E-state index is 0. The van der Waals surface area contributed by atoms with Gasteiger partial charge in [0.2, 0.25) is 0 Å². The average Bonchev–Trinajstić information content (AvgIpc) is 3.26. The van der Waals surface area contributed by atoms with E-state index in [9.17, 15) is 4.79 Å². The van der Waals surface area contributed by atoms with Gasteiger partial charge in [-0.3, -0.25) is 9.69 Å². The lowest BCUT2D eigenvalue weighted by atomic mass is 10.2. The number of aromatic nitrogens is 1. The van der Waals surface area contributed by atoms with Crippen LogP contribution in [0.1, 0.15) is 16.8 Å². The van der Waals surface area contributed by atoms with Gasteiger partial charge in [0.25, 0.3) is 5.91 Å². The Morgan fingerprint density at radius 1 is 1.10 bits per heavy atom. The summed E-state index contributed by atoms with van der Waals surface area (Å²) in [4.78, 5) is 21.7. The van der Waals surface area contributed by atoms with Crippen LogP contribution in [0.15, 0.2) is 18.2 Å². The van der Waals surface area contributed by atoms with Gasteiger partial charge >= 0.3 is 0 Å². The number of rotatable bonds is 8. The average molecular weight is 511 g/mol. The molecule has 0 aliphatic carbocycles. The molecule has 11 heteroatoms. The second-order valence-electron chi connectivity index (χ2n) is 6.50. The van der Waals surface area contributed by atoms with Crippen molar-refractivity contribution in [2.75, 3.05) is 46.3 Å². The normalized spacial score (nSPS) is 10.9. The van der Waals surface area contributed by atoms with Gasteiger partial charge in [0.15, 0.2) is 5.13 Å². The number of carbonyl (C=O) groups is 1. The van der Waals surface area contributed by atoms with Crippen molar-refractivity contribution in [2.45, 2.75) is 6.42 Å². The number of amides is 1. The number of benzene rings is 1. The van der Waals surface area contributed by atoms with E-state index in [4.69, 9.17) is 37.7 Å². The number of thiophene rings is 1. The van der Waals surface area contributed by atoms with Crippen molar-refractivity contribution in [3.63, 3.8) is 0 Å². The third kappa shape index (κ3) is 5.30. The van der Waals surface area contributed by atoms with E-state index in [0.29, 0.717) is 42.9 Å². The number of ether oxygens (including phenoxy) is 2. The van der Waals surface area contributed by atoms with E-state index >= 15 is 0 Å². The molecule has 3 aromatic rings. The number of halogens is 3. The van der Waals surface area contributed by atoms with Crippen molar-refractivity contribution in [3.05, 3.63) is 32.4 Å². The summed E-state index contributed by atoms with van der Waals surface area (Å²) in [6.45, 7) is 1.32. The van der Waals surface area contributed by atoms with Crippen molar-refractivity contribution in [3.8, 4) is 11.5 Å². The van der Waals surface area contributed by atoms with E-state index in [1.165, 1.54) is 22.7 Å². The molecule has 0 unspecified atom stereocenters. The minimum Gasteiger partial charge on any atom is -0.495 e. The molecule has 0 bridgehead atoms. The number of hydrogen-bond donors (Lipinski definition) is 0. The third-order valence-corrected chi connectivity index (χ3v) is 6.83. The molecule has 30 heavy (non-hydrogen) atoms. The molecular weight excluding hydrogens is 489 g/mol. The lowest BCUT2D eigenvalue weighted by molar-refractivity contribution is 0.0986. The number of hydrogen-bond acceptors (Lipinski definition) is 7. The topological polar surface area (TPSA) is 54.9 Å². The van der Waals surface area contributed by atoms with E-state index in [1.807, 2.05) is 20.2 Å². The molecule has 0 aliphatic heterocycles. The smallest absolute Gasteiger partial charge is 0.262 e. The maximum Gasteiger partial charge on any atom is 0.262 e. The van der Waals surface area contributed by atoms with Gasteiger partial charge in [0, 0.05) is 6.54 Å². The van der Waals surface area contributed by atoms with Gasteiger partial charge < -0.3 is 14.4 Å². The van der Waals surface area contributed by atoms with Gasteiger partial charge in [0.05, 0.1) is 24.1 Å². The summed E-state index contributed by atoms with van der Waals surface area (Å²) in [7, 11) is 7.19. The number of anilines is 1. The molecular formula is C19H22Cl3N3O3S2. The Kier molecular flexibility index (Phi) is 9.02. The maximum atomic E-state index is 13.3. The van der Waals surface area contributed by atoms with Gasteiger partial charge in [-0.05, 0) is 45.3 Å². The van der Waals surface area contributed by atoms with Crippen molar-refractivity contribution in [2.24, 2.45) is 0 Å². The van der Waals surface area contributed by atoms with E-state index in [0.717, 1.165) is 17.7 Å². The lowest BCUT2D eigenvalue weighted by Gasteiger charge is -2.20. The number of nitrogens with zero attached hydrogens (tertiary/aromatic N) is 3. The van der Waals surface area contributed by atoms with Gasteiger partial charge in [0.1, 0.15) is 26.1 Å². The summed E-state index contributed by atoms with van der Waals surface area (Å²) in [5.74, 6) is 1.08. The first-order valence-electron chi connectivity index (χ1n) is 8.78. The Morgan fingerprint density at radius 3 is 2.33 bits per heavy atom. The van der Waals surface area contributed by atoms with Crippen molar-refractivity contribution in [1.82, 2.24) is 9.88 Å². The van der Waals surface area contributed by atoms with E-state index in [1.54, 1.807) is 31.3 Å². The van der Waals surface area contributed by atoms with Crippen LogP contribution in [0.3, 0.4) is 0 Å². The molecule has 0 radical (unpaired) electrons. The summed E-state index contributed by atoms with van der Waals surface area (Å²) in [5, 5.41) is 0.560. The van der Waals surface area contributed by atoms with E-state index < -0.39 is 0 Å². The molecule has 0 fully saturated rings. The highest BCUT2D eigenvalue weighted by molar-refractivity contribution is 7.23. The standard InChI is InChI=1S/C19H21Cl2N3O3S2.ClH/c1-23(2)8-5-9-24(18(25)11-10-14(20)28-17(11)21)19-22-15-12(26-3)6-7-13(27-4)16(15)29-19;/h6-7,10H,5,8-9H2,1-4H3;1H. The van der Waals surface area contributed by atoms with Crippen LogP contribution >= 0.6 is 58.3 Å². The third-order valence-electron chi connectivity index (χ3n) is 4.25. The Labute approximate surface area is 199 Å². The molecule has 2 aromatic heterocycles. The largest absolute Gasteiger partial charge is 0.495 e. The minimum atomic E-state index is -0.228. The fourth-order valence-electron chi connectivity index (χ4n) is 2.85. The van der Waals surface area contributed by atoms with Gasteiger partial charge in [-0.1, -0.05) is 34.5 Å². The lowest BCUT2D eigenvalue weighted by Crippen LogP contribution is -2.33. The summed E-state index contributed by atoms with van der Waals surface area (Å²) in [5.41, 5.74) is 1.04. The molecule has 0 aliphatic rings. The quantitative estimate of drug-likeness (QED) is 0.389. The first-order valence-corrected chi connectivity index (χ1v) is 11.2. The summed E-state index contributed by atoms with van der Waals surface area (Å²) >= 11 is 14.9. The maximum absolute atomic E-state index is 13.3. The monoisotopic (exact) mass is 509 g/mol. The van der Waals surface area contributed by atoms with Crippen LogP contribution in [0.5, 0.6) is 11.5 Å². The zero-order valence-corrected chi connectivity index (χ0v) is 20.9. The SMILES string of the molecule is COc1ccc(OC)c2sc(N(CCCN(C)C)C(=O)c3cc(Cl)sc3Cl)nc12.Cl. The molecule has 6 nitrogen and oxygen atoms in total. The Morgan fingerprint density at radius 2 is 1.77 bits per heavy atom. The van der Waals surface area contributed by atoms with E-state index in [-0.39, 0.29) is 18.3 Å². The molecule has 2 heterocycles. The number of carbonyl (C=O) groups excluding carboxylic acids is 1. The molecule has 0 saturated heterocycles. The fraction of sp³-hybridized carbons (Fsp3) is 0.368. The van der Waals surface area contributed by atoms with Crippen LogP contribution in [0.2, 0.25) is 8.67 Å².